The predicted molar refractivity (Wildman–Crippen MR) is 60.0 cm³/mol. The third-order valence-electron chi connectivity index (χ3n) is 2.49. The van der Waals surface area contributed by atoms with Gasteiger partial charge in [0.15, 0.2) is 0 Å². The van der Waals surface area contributed by atoms with Crippen molar-refractivity contribution in [2.24, 2.45) is 5.73 Å². The largest absolute Gasteiger partial charge is 0.381 e. The zero-order valence-corrected chi connectivity index (χ0v) is 9.37. The average molecular weight is 230 g/mol. The summed E-state index contributed by atoms with van der Waals surface area (Å²) in [6.45, 7) is 2.06. The standard InChI is InChI=1S/C10H15N3O.ClH/c11-6-10-12-4-3-9(13-10)8-2-1-5-14-7-8;/h3-4,8H,1-2,5-7,11H2;1H. The van der Waals surface area contributed by atoms with Crippen LogP contribution in [0.5, 0.6) is 0 Å². The fourth-order valence-corrected chi connectivity index (χ4v) is 1.71. The zero-order chi connectivity index (χ0) is 9.80. The van der Waals surface area contributed by atoms with Crippen LogP contribution in [0, 0.1) is 0 Å². The molecule has 84 valence electrons. The van der Waals surface area contributed by atoms with E-state index in [-0.39, 0.29) is 12.4 Å². The Morgan fingerprint density at radius 2 is 2.40 bits per heavy atom. The molecule has 0 spiro atoms. The van der Waals surface area contributed by atoms with E-state index in [0.29, 0.717) is 18.3 Å². The first-order valence-corrected chi connectivity index (χ1v) is 5.00. The number of aromatic nitrogens is 2. The fraction of sp³-hybridized carbons (Fsp3) is 0.600. The molecule has 0 bridgehead atoms. The Morgan fingerprint density at radius 1 is 1.53 bits per heavy atom. The number of nitrogens with zero attached hydrogens (tertiary/aromatic N) is 2. The summed E-state index contributed by atoms with van der Waals surface area (Å²) in [5.74, 6) is 1.14. The van der Waals surface area contributed by atoms with Crippen LogP contribution in [0.2, 0.25) is 0 Å². The molecule has 5 heteroatoms. The first-order valence-electron chi connectivity index (χ1n) is 5.00. The third-order valence-corrected chi connectivity index (χ3v) is 2.49. The summed E-state index contributed by atoms with van der Waals surface area (Å²) in [6.07, 6.45) is 4.05. The molecule has 0 aromatic carbocycles. The van der Waals surface area contributed by atoms with Crippen molar-refractivity contribution >= 4 is 12.4 Å². The van der Waals surface area contributed by atoms with Crippen molar-refractivity contribution in [1.82, 2.24) is 9.97 Å². The summed E-state index contributed by atoms with van der Waals surface area (Å²) in [4.78, 5) is 8.47. The molecule has 1 saturated heterocycles. The van der Waals surface area contributed by atoms with Gasteiger partial charge in [0, 0.05) is 24.4 Å². The minimum atomic E-state index is 0. The van der Waals surface area contributed by atoms with E-state index in [4.69, 9.17) is 10.5 Å². The van der Waals surface area contributed by atoms with Gasteiger partial charge in [-0.2, -0.15) is 0 Å². The Morgan fingerprint density at radius 3 is 3.07 bits per heavy atom. The minimum Gasteiger partial charge on any atom is -0.381 e. The summed E-state index contributed by atoms with van der Waals surface area (Å²) in [6, 6.07) is 1.96. The van der Waals surface area contributed by atoms with Crippen LogP contribution < -0.4 is 5.73 Å². The maximum absolute atomic E-state index is 5.49. The van der Waals surface area contributed by atoms with E-state index in [2.05, 4.69) is 9.97 Å². The van der Waals surface area contributed by atoms with Gasteiger partial charge in [-0.25, -0.2) is 9.97 Å². The quantitative estimate of drug-likeness (QED) is 0.829. The second-order valence-electron chi connectivity index (χ2n) is 3.52. The average Bonchev–Trinajstić information content (AvgIpc) is 2.30. The Labute approximate surface area is 95.7 Å². The van der Waals surface area contributed by atoms with Crippen LogP contribution in [-0.2, 0) is 11.3 Å². The molecule has 1 unspecified atom stereocenters. The molecule has 4 nitrogen and oxygen atoms in total. The zero-order valence-electron chi connectivity index (χ0n) is 8.56. The summed E-state index contributed by atoms with van der Waals surface area (Å²) in [7, 11) is 0. The summed E-state index contributed by atoms with van der Waals surface area (Å²) in [5, 5.41) is 0. The first-order chi connectivity index (χ1) is 6.90. The van der Waals surface area contributed by atoms with Crippen LogP contribution in [-0.4, -0.2) is 23.2 Å². The second-order valence-corrected chi connectivity index (χ2v) is 3.52. The molecular weight excluding hydrogens is 214 g/mol. The maximum Gasteiger partial charge on any atom is 0.142 e. The second kappa shape index (κ2) is 6.00. The Balaban J connectivity index is 0.00000112. The smallest absolute Gasteiger partial charge is 0.142 e. The van der Waals surface area contributed by atoms with E-state index in [0.717, 1.165) is 31.7 Å². The fourth-order valence-electron chi connectivity index (χ4n) is 1.71. The van der Waals surface area contributed by atoms with Gasteiger partial charge in [-0.1, -0.05) is 0 Å². The Hall–Kier alpha value is -0.710. The third kappa shape index (κ3) is 3.12. The number of nitrogens with two attached hydrogens (primary N) is 1. The number of rotatable bonds is 2. The van der Waals surface area contributed by atoms with Crippen LogP contribution in [0.3, 0.4) is 0 Å². The van der Waals surface area contributed by atoms with Gasteiger partial charge in [0.2, 0.25) is 0 Å². The first kappa shape index (κ1) is 12.4. The lowest BCUT2D eigenvalue weighted by Crippen LogP contribution is -2.17. The van der Waals surface area contributed by atoms with Crippen LogP contribution in [0.1, 0.15) is 30.3 Å². The molecule has 2 rings (SSSR count). The van der Waals surface area contributed by atoms with Crippen molar-refractivity contribution in [1.29, 1.82) is 0 Å². The minimum absolute atomic E-state index is 0. The normalized spacial score (nSPS) is 20.7. The molecule has 1 aliphatic rings. The number of halogens is 1. The van der Waals surface area contributed by atoms with E-state index in [1.807, 2.05) is 6.07 Å². The Bertz CT molecular complexity index is 302. The van der Waals surface area contributed by atoms with Crippen molar-refractivity contribution in [3.05, 3.63) is 23.8 Å². The van der Waals surface area contributed by atoms with Crippen LogP contribution >= 0.6 is 12.4 Å². The highest BCUT2D eigenvalue weighted by Crippen LogP contribution is 2.23. The molecule has 0 saturated carbocycles. The highest BCUT2D eigenvalue weighted by molar-refractivity contribution is 5.85. The number of ether oxygens (including phenoxy) is 1. The molecule has 15 heavy (non-hydrogen) atoms. The van der Waals surface area contributed by atoms with Gasteiger partial charge in [-0.3, -0.25) is 0 Å². The van der Waals surface area contributed by atoms with Crippen LogP contribution in [0.4, 0.5) is 0 Å². The van der Waals surface area contributed by atoms with Crippen LogP contribution in [0.15, 0.2) is 12.3 Å². The topological polar surface area (TPSA) is 61.0 Å². The molecule has 2 N–H and O–H groups in total. The number of hydrogen-bond donors (Lipinski definition) is 1. The SMILES string of the molecule is Cl.NCc1nccc(C2CCCOC2)n1. The van der Waals surface area contributed by atoms with Gasteiger partial charge >= 0.3 is 0 Å². The molecule has 1 fully saturated rings. The summed E-state index contributed by atoms with van der Waals surface area (Å²) in [5.41, 5.74) is 6.56. The molecule has 1 atom stereocenters. The number of hydrogen-bond acceptors (Lipinski definition) is 4. The van der Waals surface area contributed by atoms with E-state index in [1.165, 1.54) is 0 Å². The van der Waals surface area contributed by atoms with Crippen molar-refractivity contribution in [2.45, 2.75) is 25.3 Å². The highest BCUT2D eigenvalue weighted by atomic mass is 35.5. The predicted octanol–water partition coefficient (Wildman–Crippen LogP) is 1.25. The molecule has 0 amide bonds. The van der Waals surface area contributed by atoms with Gasteiger partial charge in [0.1, 0.15) is 5.82 Å². The molecule has 1 aromatic rings. The van der Waals surface area contributed by atoms with Gasteiger partial charge in [0.25, 0.3) is 0 Å². The van der Waals surface area contributed by atoms with Gasteiger partial charge in [0.05, 0.1) is 13.2 Å². The van der Waals surface area contributed by atoms with Gasteiger partial charge in [-0.15, -0.1) is 12.4 Å². The Kier molecular flexibility index (Phi) is 4.94. The van der Waals surface area contributed by atoms with E-state index >= 15 is 0 Å². The monoisotopic (exact) mass is 229 g/mol. The molecule has 0 aliphatic carbocycles. The maximum atomic E-state index is 5.49. The van der Waals surface area contributed by atoms with E-state index < -0.39 is 0 Å². The summed E-state index contributed by atoms with van der Waals surface area (Å²) < 4.78 is 5.42. The van der Waals surface area contributed by atoms with E-state index in [1.54, 1.807) is 6.20 Å². The van der Waals surface area contributed by atoms with Crippen molar-refractivity contribution < 1.29 is 4.74 Å². The van der Waals surface area contributed by atoms with Crippen molar-refractivity contribution in [3.63, 3.8) is 0 Å². The molecular formula is C10H16ClN3O. The van der Waals surface area contributed by atoms with Gasteiger partial charge in [-0.05, 0) is 18.9 Å². The van der Waals surface area contributed by atoms with E-state index in [9.17, 15) is 0 Å². The molecule has 1 aromatic heterocycles. The molecule has 2 heterocycles. The highest BCUT2D eigenvalue weighted by Gasteiger charge is 2.17. The van der Waals surface area contributed by atoms with Crippen molar-refractivity contribution in [2.75, 3.05) is 13.2 Å². The summed E-state index contributed by atoms with van der Waals surface area (Å²) >= 11 is 0. The molecule has 1 aliphatic heterocycles. The molecule has 0 radical (unpaired) electrons. The lowest BCUT2D eigenvalue weighted by molar-refractivity contribution is 0.0792. The lowest BCUT2D eigenvalue weighted by atomic mass is 9.98. The van der Waals surface area contributed by atoms with Crippen molar-refractivity contribution in [3.8, 4) is 0 Å². The lowest BCUT2D eigenvalue weighted by Gasteiger charge is -2.21. The van der Waals surface area contributed by atoms with Crippen LogP contribution in [0.25, 0.3) is 0 Å². The van der Waals surface area contributed by atoms with Gasteiger partial charge < -0.3 is 10.5 Å².